The first kappa shape index (κ1) is 12.6. The molecule has 20 heavy (non-hydrogen) atoms. The van der Waals surface area contributed by atoms with Crippen LogP contribution in [0.3, 0.4) is 0 Å². The lowest BCUT2D eigenvalue weighted by molar-refractivity contribution is 1.07. The number of fused-ring (bicyclic) bond motifs is 1. The van der Waals surface area contributed by atoms with Gasteiger partial charge < -0.3 is 10.7 Å². The molecular weight excluding hydrogens is 248 g/mol. The second kappa shape index (κ2) is 4.94. The number of nitrogens with one attached hydrogen (secondary N) is 1. The molecule has 0 amide bonds. The summed E-state index contributed by atoms with van der Waals surface area (Å²) in [4.78, 5) is 14.5. The van der Waals surface area contributed by atoms with E-state index in [1.807, 2.05) is 37.3 Å². The summed E-state index contributed by atoms with van der Waals surface area (Å²) in [5.74, 6) is 0. The highest BCUT2D eigenvalue weighted by molar-refractivity contribution is 5.84. The number of hydrogen-bond donors (Lipinski definition) is 2. The number of nitrogens with two attached hydrogens (primary N) is 1. The van der Waals surface area contributed by atoms with Gasteiger partial charge in [0.25, 0.3) is 5.56 Å². The Labute approximate surface area is 117 Å². The second-order valence-corrected chi connectivity index (χ2v) is 4.99. The van der Waals surface area contributed by atoms with E-state index in [1.54, 1.807) is 0 Å². The zero-order valence-corrected chi connectivity index (χ0v) is 11.3. The maximum atomic E-state index is 11.6. The van der Waals surface area contributed by atoms with Gasteiger partial charge in [0.15, 0.2) is 0 Å². The van der Waals surface area contributed by atoms with Gasteiger partial charge in [0.1, 0.15) is 0 Å². The predicted molar refractivity (Wildman–Crippen MR) is 82.6 cm³/mol. The molecule has 0 saturated heterocycles. The smallest absolute Gasteiger partial charge is 0.251 e. The Morgan fingerprint density at radius 3 is 2.65 bits per heavy atom. The van der Waals surface area contributed by atoms with E-state index in [4.69, 9.17) is 5.73 Å². The molecule has 0 bridgehead atoms. The van der Waals surface area contributed by atoms with Gasteiger partial charge in [0, 0.05) is 17.6 Å². The van der Waals surface area contributed by atoms with E-state index in [2.05, 4.69) is 23.2 Å². The average molecular weight is 264 g/mol. The van der Waals surface area contributed by atoms with Gasteiger partial charge in [0.05, 0.1) is 0 Å². The van der Waals surface area contributed by atoms with Gasteiger partial charge in [-0.05, 0) is 53.3 Å². The third-order valence-corrected chi connectivity index (χ3v) is 3.53. The zero-order valence-electron chi connectivity index (χ0n) is 11.3. The number of aromatic amines is 1. The summed E-state index contributed by atoms with van der Waals surface area (Å²) in [6, 6.07) is 16.2. The van der Waals surface area contributed by atoms with Gasteiger partial charge >= 0.3 is 0 Å². The van der Waals surface area contributed by atoms with E-state index in [-0.39, 0.29) is 5.56 Å². The van der Waals surface area contributed by atoms with Crippen LogP contribution >= 0.6 is 0 Å². The van der Waals surface area contributed by atoms with Crippen molar-refractivity contribution in [2.45, 2.75) is 13.5 Å². The molecule has 0 aliphatic carbocycles. The maximum Gasteiger partial charge on any atom is 0.251 e. The van der Waals surface area contributed by atoms with Crippen LogP contribution in [0.1, 0.15) is 11.1 Å². The first-order chi connectivity index (χ1) is 9.67. The fourth-order valence-electron chi connectivity index (χ4n) is 2.37. The van der Waals surface area contributed by atoms with Gasteiger partial charge in [-0.2, -0.15) is 0 Å². The fourth-order valence-corrected chi connectivity index (χ4v) is 2.37. The van der Waals surface area contributed by atoms with E-state index >= 15 is 0 Å². The molecule has 0 fully saturated rings. The normalized spacial score (nSPS) is 10.9. The summed E-state index contributed by atoms with van der Waals surface area (Å²) < 4.78 is 0. The Morgan fingerprint density at radius 1 is 1.05 bits per heavy atom. The molecule has 3 heteroatoms. The van der Waals surface area contributed by atoms with E-state index in [1.165, 1.54) is 0 Å². The minimum atomic E-state index is -0.0321. The molecule has 2 aromatic carbocycles. The van der Waals surface area contributed by atoms with Crippen molar-refractivity contribution >= 4 is 10.9 Å². The van der Waals surface area contributed by atoms with Gasteiger partial charge in [-0.3, -0.25) is 4.79 Å². The van der Waals surface area contributed by atoms with Crippen LogP contribution in [0.2, 0.25) is 0 Å². The Kier molecular flexibility index (Phi) is 3.12. The molecule has 0 radical (unpaired) electrons. The largest absolute Gasteiger partial charge is 0.326 e. The van der Waals surface area contributed by atoms with Crippen LogP contribution in [0.15, 0.2) is 53.3 Å². The Morgan fingerprint density at radius 2 is 1.85 bits per heavy atom. The molecule has 0 unspecified atom stereocenters. The topological polar surface area (TPSA) is 58.9 Å². The van der Waals surface area contributed by atoms with Crippen molar-refractivity contribution < 1.29 is 0 Å². The standard InChI is InChI=1S/C17H16N2O/c1-11-7-15-9-14(5-6-16(15)19-17(11)20)13-4-2-3-12(8-13)10-18/h2-9H,10,18H2,1H3,(H,19,20). The quantitative estimate of drug-likeness (QED) is 0.747. The van der Waals surface area contributed by atoms with Crippen LogP contribution in [-0.2, 0) is 6.54 Å². The number of aromatic nitrogens is 1. The summed E-state index contributed by atoms with van der Waals surface area (Å²) >= 11 is 0. The molecule has 3 aromatic rings. The lowest BCUT2D eigenvalue weighted by Gasteiger charge is -2.06. The van der Waals surface area contributed by atoms with Crippen molar-refractivity contribution in [1.82, 2.24) is 4.98 Å². The molecule has 0 aliphatic rings. The van der Waals surface area contributed by atoms with Crippen LogP contribution < -0.4 is 11.3 Å². The minimum Gasteiger partial charge on any atom is -0.326 e. The van der Waals surface area contributed by atoms with Crippen LogP contribution in [0.25, 0.3) is 22.0 Å². The first-order valence-corrected chi connectivity index (χ1v) is 6.60. The summed E-state index contributed by atoms with van der Waals surface area (Å²) in [5, 5.41) is 1.04. The number of H-pyrrole nitrogens is 1. The summed E-state index contributed by atoms with van der Waals surface area (Å²) in [6.45, 7) is 2.35. The summed E-state index contributed by atoms with van der Waals surface area (Å²) in [6.07, 6.45) is 0. The predicted octanol–water partition coefficient (Wildman–Crippen LogP) is 2.96. The van der Waals surface area contributed by atoms with Gasteiger partial charge in [0.2, 0.25) is 0 Å². The van der Waals surface area contributed by atoms with Crippen LogP contribution in [0, 0.1) is 6.92 Å². The van der Waals surface area contributed by atoms with Gasteiger partial charge in [-0.25, -0.2) is 0 Å². The lowest BCUT2D eigenvalue weighted by Crippen LogP contribution is -2.08. The molecule has 0 saturated carbocycles. The van der Waals surface area contributed by atoms with E-state index in [9.17, 15) is 4.79 Å². The number of rotatable bonds is 2. The van der Waals surface area contributed by atoms with Gasteiger partial charge in [-0.1, -0.05) is 24.3 Å². The highest BCUT2D eigenvalue weighted by Crippen LogP contribution is 2.24. The van der Waals surface area contributed by atoms with Gasteiger partial charge in [-0.15, -0.1) is 0 Å². The third-order valence-electron chi connectivity index (χ3n) is 3.53. The summed E-state index contributed by atoms with van der Waals surface area (Å²) in [5.41, 5.74) is 10.6. The molecule has 1 aromatic heterocycles. The third kappa shape index (κ3) is 2.24. The number of hydrogen-bond acceptors (Lipinski definition) is 2. The fraction of sp³-hybridized carbons (Fsp3) is 0.118. The molecule has 100 valence electrons. The molecule has 0 atom stereocenters. The second-order valence-electron chi connectivity index (χ2n) is 4.99. The van der Waals surface area contributed by atoms with Crippen molar-refractivity contribution in [2.75, 3.05) is 0 Å². The molecular formula is C17H16N2O. The Hall–Kier alpha value is -2.39. The van der Waals surface area contributed by atoms with E-state index in [0.717, 1.165) is 33.2 Å². The SMILES string of the molecule is Cc1cc2cc(-c3cccc(CN)c3)ccc2[nH]c1=O. The van der Waals surface area contributed by atoms with Crippen LogP contribution in [0.5, 0.6) is 0 Å². The molecule has 1 heterocycles. The van der Waals surface area contributed by atoms with E-state index < -0.39 is 0 Å². The monoisotopic (exact) mass is 264 g/mol. The first-order valence-electron chi connectivity index (χ1n) is 6.60. The number of pyridine rings is 1. The summed E-state index contributed by atoms with van der Waals surface area (Å²) in [7, 11) is 0. The molecule has 0 spiro atoms. The maximum absolute atomic E-state index is 11.6. The van der Waals surface area contributed by atoms with Crippen molar-refractivity contribution in [3.63, 3.8) is 0 Å². The zero-order chi connectivity index (χ0) is 14.1. The Bertz CT molecular complexity index is 834. The lowest BCUT2D eigenvalue weighted by atomic mass is 10.0. The molecule has 3 nitrogen and oxygen atoms in total. The van der Waals surface area contributed by atoms with Crippen LogP contribution in [-0.4, -0.2) is 4.98 Å². The molecule has 3 rings (SSSR count). The van der Waals surface area contributed by atoms with Crippen LogP contribution in [0.4, 0.5) is 0 Å². The van der Waals surface area contributed by atoms with Crippen molar-refractivity contribution in [2.24, 2.45) is 5.73 Å². The van der Waals surface area contributed by atoms with E-state index in [0.29, 0.717) is 6.54 Å². The number of aryl methyl sites for hydroxylation is 1. The molecule has 0 aliphatic heterocycles. The average Bonchev–Trinajstić information content (AvgIpc) is 2.48. The number of benzene rings is 2. The molecule has 3 N–H and O–H groups in total. The van der Waals surface area contributed by atoms with Crippen molar-refractivity contribution in [3.05, 3.63) is 70.0 Å². The van der Waals surface area contributed by atoms with Crippen molar-refractivity contribution in [3.8, 4) is 11.1 Å². The Balaban J connectivity index is 2.17. The minimum absolute atomic E-state index is 0.0321. The highest BCUT2D eigenvalue weighted by Gasteiger charge is 2.03. The highest BCUT2D eigenvalue weighted by atomic mass is 16.1. The van der Waals surface area contributed by atoms with Crippen molar-refractivity contribution in [1.29, 1.82) is 0 Å².